The molecular weight excluding hydrogens is 444 g/mol. The highest BCUT2D eigenvalue weighted by atomic mass is 16.5. The van der Waals surface area contributed by atoms with E-state index in [2.05, 4.69) is 21.3 Å². The van der Waals surface area contributed by atoms with Crippen LogP contribution in [0.25, 0.3) is 6.20 Å². The molecule has 4 rings (SSSR count). The Morgan fingerprint density at radius 3 is 2.88 bits per heavy atom. The van der Waals surface area contributed by atoms with Gasteiger partial charge in [-0.05, 0) is 18.2 Å². The number of amides is 1. The van der Waals surface area contributed by atoms with Crippen molar-refractivity contribution < 1.29 is 29.3 Å². The lowest BCUT2D eigenvalue weighted by Gasteiger charge is -2.27. The Kier molecular flexibility index (Phi) is 6.59. The van der Waals surface area contributed by atoms with Crippen molar-refractivity contribution in [3.05, 3.63) is 70.2 Å². The summed E-state index contributed by atoms with van der Waals surface area (Å²) in [6.45, 7) is -0.467. The van der Waals surface area contributed by atoms with Crippen LogP contribution in [-0.2, 0) is 19.1 Å². The Hall–Kier alpha value is -4.19. The van der Waals surface area contributed by atoms with Gasteiger partial charge in [-0.15, -0.1) is 0 Å². The minimum atomic E-state index is -1.12. The van der Waals surface area contributed by atoms with Crippen molar-refractivity contribution in [1.82, 2.24) is 25.8 Å². The summed E-state index contributed by atoms with van der Waals surface area (Å²) < 4.78 is 12.4. The highest BCUT2D eigenvalue weighted by Crippen LogP contribution is 2.24. The van der Waals surface area contributed by atoms with Gasteiger partial charge >= 0.3 is 5.97 Å². The second-order valence-corrected chi connectivity index (χ2v) is 7.65. The number of carboxylic acid groups (broad SMARTS) is 1. The van der Waals surface area contributed by atoms with E-state index in [1.54, 1.807) is 18.2 Å². The molecule has 1 aromatic heterocycles. The van der Waals surface area contributed by atoms with Gasteiger partial charge < -0.3 is 45.5 Å². The number of aliphatic hydroxyl groups excluding tert-OH is 1. The number of allylic oxidation sites excluding steroid dienone is 3. The second-order valence-electron chi connectivity index (χ2n) is 7.65. The number of hydrogen-bond acceptors (Lipinski definition) is 9. The third-order valence-corrected chi connectivity index (χ3v) is 5.40. The van der Waals surface area contributed by atoms with E-state index in [1.807, 2.05) is 29.1 Å². The number of dihydropyridines is 1. The highest BCUT2D eigenvalue weighted by Gasteiger charge is 2.26. The molecule has 34 heavy (non-hydrogen) atoms. The summed E-state index contributed by atoms with van der Waals surface area (Å²) in [7, 11) is 2.99. The first kappa shape index (κ1) is 23.0. The predicted molar refractivity (Wildman–Crippen MR) is 120 cm³/mol. The van der Waals surface area contributed by atoms with Gasteiger partial charge in [-0.25, -0.2) is 4.99 Å². The van der Waals surface area contributed by atoms with E-state index in [4.69, 9.17) is 19.6 Å². The van der Waals surface area contributed by atoms with Crippen LogP contribution >= 0.6 is 0 Å². The fourth-order valence-corrected chi connectivity index (χ4v) is 3.83. The maximum absolute atomic E-state index is 12.3. The molecule has 3 heterocycles. The molecule has 1 aliphatic carbocycles. The Bertz CT molecular complexity index is 1230. The summed E-state index contributed by atoms with van der Waals surface area (Å²) in [4.78, 5) is 27.7. The van der Waals surface area contributed by atoms with Crippen molar-refractivity contribution in [2.75, 3.05) is 20.8 Å². The summed E-state index contributed by atoms with van der Waals surface area (Å²) in [6.07, 6.45) is 9.14. The van der Waals surface area contributed by atoms with Crippen LogP contribution in [0.2, 0.25) is 0 Å². The van der Waals surface area contributed by atoms with Gasteiger partial charge in [0.1, 0.15) is 30.0 Å². The van der Waals surface area contributed by atoms with Crippen molar-refractivity contribution in [2.45, 2.75) is 25.0 Å². The fraction of sp³-hybridized carbons (Fsp3) is 0.318. The fourth-order valence-electron chi connectivity index (χ4n) is 3.83. The van der Waals surface area contributed by atoms with Crippen molar-refractivity contribution in [1.29, 1.82) is 0 Å². The minimum absolute atomic E-state index is 0.248. The molecule has 6 N–H and O–H groups in total. The molecular formula is C22H26N6O6. The van der Waals surface area contributed by atoms with E-state index in [9.17, 15) is 14.7 Å². The first-order valence-corrected chi connectivity index (χ1v) is 10.5. The summed E-state index contributed by atoms with van der Waals surface area (Å²) >= 11 is 0. The van der Waals surface area contributed by atoms with Gasteiger partial charge in [-0.1, -0.05) is 6.08 Å². The van der Waals surface area contributed by atoms with Crippen LogP contribution < -0.4 is 32.0 Å². The van der Waals surface area contributed by atoms with Crippen LogP contribution in [0.4, 0.5) is 0 Å². The second kappa shape index (κ2) is 9.75. The lowest BCUT2D eigenvalue weighted by molar-refractivity contribution is -0.137. The van der Waals surface area contributed by atoms with Gasteiger partial charge in [-0.3, -0.25) is 9.59 Å². The lowest BCUT2D eigenvalue weighted by Crippen LogP contribution is -2.49. The number of nitrogens with zero attached hydrogens (tertiary/aromatic N) is 2. The Balaban J connectivity index is 1.52. The summed E-state index contributed by atoms with van der Waals surface area (Å²) in [5.41, 5.74) is 1.64. The van der Waals surface area contributed by atoms with Crippen LogP contribution in [0.15, 0.2) is 64.5 Å². The standard InChI is InChI=1S/C22H26N6O6/c1-33-16-9-13(8-15(29)19(16)34-2)25-22-24-10-12-6-7-28(20(12)27-22)17-5-3-4-14(26-17)21(32)23-11-18(30)31/h3-7,9-10,15,17,22,24-26,29H,8,11H2,1-2H3,(H,23,32)(H,30,31). The molecule has 0 fully saturated rings. The number of nitrogens with one attached hydrogen (secondary N) is 4. The third kappa shape index (κ3) is 4.76. The van der Waals surface area contributed by atoms with Crippen LogP contribution in [0.3, 0.4) is 0 Å². The quantitative estimate of drug-likeness (QED) is 0.258. The topological polar surface area (TPSA) is 158 Å². The number of aliphatic carboxylic acids is 1. The average molecular weight is 470 g/mol. The molecule has 0 saturated carbocycles. The minimum Gasteiger partial charge on any atom is -0.494 e. The number of aliphatic hydroxyl groups is 1. The zero-order chi connectivity index (χ0) is 24.2. The van der Waals surface area contributed by atoms with Crippen LogP contribution in [0, 0.1) is 0 Å². The van der Waals surface area contributed by atoms with Crippen LogP contribution in [-0.4, -0.2) is 59.8 Å². The monoisotopic (exact) mass is 470 g/mol. The SMILES string of the molecule is COC1=C(OC)C(O)CC(NC2N=c3c(ccn3C3C=CC=C(C(=O)NCC(=O)O)N3)=CN2)=C1. The molecule has 0 saturated heterocycles. The zero-order valence-corrected chi connectivity index (χ0v) is 18.6. The van der Waals surface area contributed by atoms with Crippen molar-refractivity contribution in [2.24, 2.45) is 4.99 Å². The van der Waals surface area contributed by atoms with Gasteiger partial charge in [0.05, 0.1) is 14.2 Å². The van der Waals surface area contributed by atoms with E-state index in [1.165, 1.54) is 14.2 Å². The number of ether oxygens (including phenoxy) is 2. The van der Waals surface area contributed by atoms with Gasteiger partial charge in [0.2, 0.25) is 0 Å². The molecule has 1 aromatic rings. The van der Waals surface area contributed by atoms with Crippen molar-refractivity contribution in [3.63, 3.8) is 0 Å². The third-order valence-electron chi connectivity index (χ3n) is 5.40. The molecule has 0 aromatic carbocycles. The van der Waals surface area contributed by atoms with Gasteiger partial charge in [0.15, 0.2) is 17.8 Å². The number of hydrogen-bond donors (Lipinski definition) is 6. The molecule has 0 spiro atoms. The number of carbonyl (C=O) groups is 2. The Morgan fingerprint density at radius 1 is 1.32 bits per heavy atom. The van der Waals surface area contributed by atoms with Gasteiger partial charge in [0, 0.05) is 35.8 Å². The molecule has 3 aliphatic rings. The van der Waals surface area contributed by atoms with E-state index < -0.39 is 37.0 Å². The Morgan fingerprint density at radius 2 is 2.15 bits per heavy atom. The first-order chi connectivity index (χ1) is 16.4. The molecule has 12 nitrogen and oxygen atoms in total. The molecule has 180 valence electrons. The zero-order valence-electron chi connectivity index (χ0n) is 18.6. The molecule has 12 heteroatoms. The summed E-state index contributed by atoms with van der Waals surface area (Å²) in [5.74, 6) is -0.827. The molecule has 2 aliphatic heterocycles. The molecule has 3 unspecified atom stereocenters. The lowest BCUT2D eigenvalue weighted by atomic mass is 10.0. The van der Waals surface area contributed by atoms with Crippen molar-refractivity contribution in [3.8, 4) is 0 Å². The molecule has 3 atom stereocenters. The number of carbonyl (C=O) groups excluding carboxylic acids is 1. The molecule has 0 radical (unpaired) electrons. The van der Waals surface area contributed by atoms with E-state index in [-0.39, 0.29) is 5.70 Å². The van der Waals surface area contributed by atoms with Crippen LogP contribution in [0.1, 0.15) is 12.6 Å². The number of fused-ring (bicyclic) bond motifs is 1. The maximum atomic E-state index is 12.3. The number of aromatic nitrogens is 1. The summed E-state index contributed by atoms with van der Waals surface area (Å²) in [6, 6.07) is 1.89. The van der Waals surface area contributed by atoms with Crippen molar-refractivity contribution >= 4 is 18.1 Å². The van der Waals surface area contributed by atoms with Crippen LogP contribution in [0.5, 0.6) is 0 Å². The molecule has 0 bridgehead atoms. The van der Waals surface area contributed by atoms with Gasteiger partial charge in [0.25, 0.3) is 5.91 Å². The largest absolute Gasteiger partial charge is 0.494 e. The average Bonchev–Trinajstić information content (AvgIpc) is 3.25. The predicted octanol–water partition coefficient (Wildman–Crippen LogP) is -1.78. The van der Waals surface area contributed by atoms with E-state index in [0.717, 1.165) is 10.9 Å². The molecule has 1 amide bonds. The van der Waals surface area contributed by atoms with Gasteiger partial charge in [-0.2, -0.15) is 0 Å². The summed E-state index contributed by atoms with van der Waals surface area (Å²) in [5, 5.41) is 31.8. The van der Waals surface area contributed by atoms with E-state index in [0.29, 0.717) is 23.4 Å². The Labute approximate surface area is 194 Å². The normalized spacial score (nSPS) is 23.1. The smallest absolute Gasteiger partial charge is 0.322 e. The number of carboxylic acids is 1. The number of methoxy groups -OCH3 is 2. The maximum Gasteiger partial charge on any atom is 0.322 e. The van der Waals surface area contributed by atoms with E-state index >= 15 is 0 Å². The highest BCUT2D eigenvalue weighted by molar-refractivity contribution is 5.95. The number of rotatable bonds is 8. The first-order valence-electron chi connectivity index (χ1n) is 10.5.